The summed E-state index contributed by atoms with van der Waals surface area (Å²) >= 11 is 0. The van der Waals surface area contributed by atoms with Crippen LogP contribution in [0, 0.1) is 0 Å². The van der Waals surface area contributed by atoms with E-state index in [2.05, 4.69) is 15.0 Å². The Morgan fingerprint density at radius 3 is 2.64 bits per heavy atom. The highest BCUT2D eigenvalue weighted by molar-refractivity contribution is 5.81. The van der Waals surface area contributed by atoms with Gasteiger partial charge in [0.1, 0.15) is 17.6 Å². The number of nitrogens with zero attached hydrogens (tertiary/aromatic N) is 6. The van der Waals surface area contributed by atoms with Crippen molar-refractivity contribution < 1.29 is 9.53 Å². The van der Waals surface area contributed by atoms with Gasteiger partial charge in [-0.25, -0.2) is 15.0 Å². The zero-order valence-corrected chi connectivity index (χ0v) is 16.4. The molecule has 0 aromatic carbocycles. The lowest BCUT2D eigenvalue weighted by molar-refractivity contribution is -0.142. The second-order valence-corrected chi connectivity index (χ2v) is 7.56. The molecule has 0 spiro atoms. The fraction of sp³-hybridized carbons (Fsp3) is 0.550. The summed E-state index contributed by atoms with van der Waals surface area (Å²) in [7, 11) is 3.94. The largest absolute Gasteiger partial charge is 0.368 e. The lowest BCUT2D eigenvalue weighted by Gasteiger charge is -2.33. The fourth-order valence-electron chi connectivity index (χ4n) is 3.79. The van der Waals surface area contributed by atoms with Crippen molar-refractivity contribution in [2.75, 3.05) is 38.7 Å². The smallest absolute Gasteiger partial charge is 0.251 e. The van der Waals surface area contributed by atoms with Crippen molar-refractivity contribution in [3.05, 3.63) is 30.4 Å². The molecule has 0 bridgehead atoms. The van der Waals surface area contributed by atoms with Crippen LogP contribution in [0.2, 0.25) is 0 Å². The predicted octanol–water partition coefficient (Wildman–Crippen LogP) is 1.88. The highest BCUT2D eigenvalue weighted by Crippen LogP contribution is 2.30. The molecule has 0 N–H and O–H groups in total. The molecule has 0 aliphatic carbocycles. The van der Waals surface area contributed by atoms with Crippen LogP contribution in [-0.4, -0.2) is 70.6 Å². The molecule has 2 aliphatic heterocycles. The number of aromatic nitrogens is 4. The van der Waals surface area contributed by atoms with E-state index in [4.69, 9.17) is 9.72 Å². The molecule has 4 rings (SSSR count). The maximum atomic E-state index is 12.6. The molecule has 0 saturated carbocycles. The molecule has 4 heterocycles. The summed E-state index contributed by atoms with van der Waals surface area (Å²) in [6.07, 6.45) is 8.34. The maximum Gasteiger partial charge on any atom is 0.251 e. The van der Waals surface area contributed by atoms with Gasteiger partial charge in [0, 0.05) is 63.9 Å². The van der Waals surface area contributed by atoms with Crippen molar-refractivity contribution in [2.45, 2.75) is 37.7 Å². The van der Waals surface area contributed by atoms with E-state index >= 15 is 0 Å². The van der Waals surface area contributed by atoms with Gasteiger partial charge in [-0.15, -0.1) is 0 Å². The van der Waals surface area contributed by atoms with Crippen LogP contribution in [0.4, 0.5) is 5.82 Å². The van der Waals surface area contributed by atoms with Crippen molar-refractivity contribution in [2.24, 2.45) is 0 Å². The summed E-state index contributed by atoms with van der Waals surface area (Å²) < 4.78 is 5.56. The number of piperidine rings is 1. The molecule has 2 saturated heterocycles. The molecule has 1 atom stereocenters. The van der Waals surface area contributed by atoms with E-state index in [9.17, 15) is 4.79 Å². The lowest BCUT2D eigenvalue weighted by Crippen LogP contribution is -2.43. The van der Waals surface area contributed by atoms with Crippen molar-refractivity contribution in [1.29, 1.82) is 0 Å². The molecule has 8 nitrogen and oxygen atoms in total. The van der Waals surface area contributed by atoms with Crippen molar-refractivity contribution >= 4 is 11.7 Å². The van der Waals surface area contributed by atoms with Gasteiger partial charge >= 0.3 is 0 Å². The van der Waals surface area contributed by atoms with Gasteiger partial charge in [0.25, 0.3) is 5.91 Å². The average Bonchev–Trinajstić information content (AvgIpc) is 3.28. The molecule has 0 unspecified atom stereocenters. The lowest BCUT2D eigenvalue weighted by atomic mass is 9.92. The molecule has 1 amide bonds. The zero-order chi connectivity index (χ0) is 19.5. The second-order valence-electron chi connectivity index (χ2n) is 7.56. The quantitative estimate of drug-likeness (QED) is 0.798. The Morgan fingerprint density at radius 1 is 1.18 bits per heavy atom. The molecule has 2 aromatic rings. The predicted molar refractivity (Wildman–Crippen MR) is 105 cm³/mol. The van der Waals surface area contributed by atoms with Crippen LogP contribution in [0.5, 0.6) is 0 Å². The Bertz CT molecular complexity index is 815. The van der Waals surface area contributed by atoms with Gasteiger partial charge in [0.05, 0.1) is 6.20 Å². The zero-order valence-electron chi connectivity index (χ0n) is 16.4. The number of hydrogen-bond donors (Lipinski definition) is 0. The van der Waals surface area contributed by atoms with E-state index in [1.165, 1.54) is 0 Å². The molecule has 2 fully saturated rings. The van der Waals surface area contributed by atoms with Crippen molar-refractivity contribution in [1.82, 2.24) is 24.8 Å². The first-order chi connectivity index (χ1) is 13.6. The highest BCUT2D eigenvalue weighted by Gasteiger charge is 2.31. The molecular formula is C20H26N6O2. The van der Waals surface area contributed by atoms with Crippen LogP contribution in [0.1, 0.15) is 37.3 Å². The molecule has 2 aromatic heterocycles. The van der Waals surface area contributed by atoms with Crippen LogP contribution < -0.4 is 4.90 Å². The summed E-state index contributed by atoms with van der Waals surface area (Å²) in [6, 6.07) is 2.04. The first-order valence-electron chi connectivity index (χ1n) is 9.85. The molecule has 2 aliphatic rings. The summed E-state index contributed by atoms with van der Waals surface area (Å²) in [5.41, 5.74) is 1.67. The van der Waals surface area contributed by atoms with E-state index in [1.54, 1.807) is 18.6 Å². The summed E-state index contributed by atoms with van der Waals surface area (Å²) in [5, 5.41) is 0. The van der Waals surface area contributed by atoms with E-state index < -0.39 is 0 Å². The number of hydrogen-bond acceptors (Lipinski definition) is 7. The Labute approximate surface area is 165 Å². The first kappa shape index (κ1) is 18.7. The Kier molecular flexibility index (Phi) is 5.47. The number of rotatable bonds is 4. The van der Waals surface area contributed by atoms with Crippen molar-refractivity contribution in [3.63, 3.8) is 0 Å². The fourth-order valence-corrected chi connectivity index (χ4v) is 3.79. The van der Waals surface area contributed by atoms with Gasteiger partial charge in [0.2, 0.25) is 0 Å². The van der Waals surface area contributed by atoms with Crippen LogP contribution in [0.3, 0.4) is 0 Å². The number of carbonyl (C=O) groups excluding carboxylic acids is 1. The third-order valence-electron chi connectivity index (χ3n) is 5.41. The van der Waals surface area contributed by atoms with Crippen LogP contribution in [0.25, 0.3) is 11.5 Å². The van der Waals surface area contributed by atoms with Gasteiger partial charge < -0.3 is 14.5 Å². The van der Waals surface area contributed by atoms with Gasteiger partial charge in [-0.2, -0.15) is 0 Å². The van der Waals surface area contributed by atoms with E-state index in [1.807, 2.05) is 30.0 Å². The Hall–Kier alpha value is -2.61. The Morgan fingerprint density at radius 2 is 2.00 bits per heavy atom. The summed E-state index contributed by atoms with van der Waals surface area (Å²) in [4.78, 5) is 34.4. The number of anilines is 1. The second kappa shape index (κ2) is 8.18. The normalized spacial score (nSPS) is 20.4. The average molecular weight is 382 g/mol. The van der Waals surface area contributed by atoms with Gasteiger partial charge in [-0.1, -0.05) is 0 Å². The minimum atomic E-state index is -0.237. The number of likely N-dealkylation sites (tertiary alicyclic amines) is 1. The number of carbonyl (C=O) groups is 1. The SMILES string of the molecule is CN(C)c1cc(C2CCN(C(=O)[C@@H]3CCCO3)CC2)nc(-c2cnccn2)n1. The standard InChI is InChI=1S/C20H26N6O2/c1-25(2)18-12-15(23-19(24-18)16-13-21-7-8-22-16)14-5-9-26(10-6-14)20(27)17-4-3-11-28-17/h7-8,12-14,17H,3-6,9-11H2,1-2H3/t17-/m0/s1. The number of amides is 1. The Balaban J connectivity index is 1.51. The first-order valence-corrected chi connectivity index (χ1v) is 9.85. The van der Waals surface area contributed by atoms with Crippen LogP contribution in [-0.2, 0) is 9.53 Å². The number of ether oxygens (including phenoxy) is 1. The molecular weight excluding hydrogens is 356 g/mol. The van der Waals surface area contributed by atoms with Gasteiger partial charge in [-0.3, -0.25) is 9.78 Å². The summed E-state index contributed by atoms with van der Waals surface area (Å²) in [6.45, 7) is 2.18. The highest BCUT2D eigenvalue weighted by atomic mass is 16.5. The van der Waals surface area contributed by atoms with Crippen LogP contribution in [0.15, 0.2) is 24.7 Å². The van der Waals surface area contributed by atoms with Crippen LogP contribution >= 0.6 is 0 Å². The minimum absolute atomic E-state index is 0.146. The van der Waals surface area contributed by atoms with Gasteiger partial charge in [-0.05, 0) is 25.7 Å². The van der Waals surface area contributed by atoms with E-state index in [-0.39, 0.29) is 12.0 Å². The topological polar surface area (TPSA) is 84.3 Å². The van der Waals surface area contributed by atoms with E-state index in [0.29, 0.717) is 24.0 Å². The van der Waals surface area contributed by atoms with E-state index in [0.717, 1.165) is 50.3 Å². The van der Waals surface area contributed by atoms with Gasteiger partial charge in [0.15, 0.2) is 5.82 Å². The molecule has 148 valence electrons. The molecule has 0 radical (unpaired) electrons. The summed E-state index contributed by atoms with van der Waals surface area (Å²) in [5.74, 6) is 1.88. The third kappa shape index (κ3) is 3.96. The maximum absolute atomic E-state index is 12.6. The van der Waals surface area contributed by atoms with Crippen molar-refractivity contribution in [3.8, 4) is 11.5 Å². The monoisotopic (exact) mass is 382 g/mol. The third-order valence-corrected chi connectivity index (χ3v) is 5.41. The molecule has 28 heavy (non-hydrogen) atoms. The minimum Gasteiger partial charge on any atom is -0.368 e. The molecule has 8 heteroatoms.